The molecule has 108 valence electrons. The van der Waals surface area contributed by atoms with Gasteiger partial charge in [-0.3, -0.25) is 0 Å². The van der Waals surface area contributed by atoms with Gasteiger partial charge in [0, 0.05) is 19.1 Å². The van der Waals surface area contributed by atoms with Crippen molar-refractivity contribution in [2.45, 2.75) is 24.0 Å². The van der Waals surface area contributed by atoms with Gasteiger partial charge < -0.3 is 10.5 Å². The Hall–Kier alpha value is -1.46. The summed E-state index contributed by atoms with van der Waals surface area (Å²) in [6.45, 7) is 2.69. The molecule has 6 nitrogen and oxygen atoms in total. The van der Waals surface area contributed by atoms with Gasteiger partial charge in [0.2, 0.25) is 10.0 Å². The lowest BCUT2D eigenvalue weighted by Gasteiger charge is -2.33. The van der Waals surface area contributed by atoms with Gasteiger partial charge >= 0.3 is 0 Å². The van der Waals surface area contributed by atoms with Crippen LogP contribution in [0.1, 0.15) is 12.5 Å². The van der Waals surface area contributed by atoms with Gasteiger partial charge in [-0.05, 0) is 31.2 Å². The first-order valence-electron chi connectivity index (χ1n) is 6.32. The summed E-state index contributed by atoms with van der Waals surface area (Å²) in [5.74, 6) is 0. The molecule has 2 unspecified atom stereocenters. The number of benzene rings is 1. The third-order valence-corrected chi connectivity index (χ3v) is 5.14. The van der Waals surface area contributed by atoms with E-state index in [1.807, 2.05) is 6.07 Å². The standard InChI is InChI=1S/C13H17N3O3S/c1-10(15)13-9-16(6-7-19-13)20(17,18)12-4-2-11(8-14)3-5-12/h2-5,10,13H,6-7,9,15H2,1H3. The van der Waals surface area contributed by atoms with Crippen LogP contribution in [0, 0.1) is 11.3 Å². The summed E-state index contributed by atoms with van der Waals surface area (Å²) < 4.78 is 31.8. The molecule has 0 radical (unpaired) electrons. The lowest BCUT2D eigenvalue weighted by molar-refractivity contribution is -0.0120. The van der Waals surface area contributed by atoms with Gasteiger partial charge in [-0.25, -0.2) is 8.42 Å². The molecule has 0 aliphatic carbocycles. The van der Waals surface area contributed by atoms with Crippen molar-refractivity contribution in [3.63, 3.8) is 0 Å². The second-order valence-electron chi connectivity index (χ2n) is 4.77. The average Bonchev–Trinajstić information content (AvgIpc) is 2.47. The monoisotopic (exact) mass is 295 g/mol. The molecule has 0 amide bonds. The van der Waals surface area contributed by atoms with Crippen LogP contribution < -0.4 is 5.73 Å². The topological polar surface area (TPSA) is 96.4 Å². The SMILES string of the molecule is CC(N)C1CN(S(=O)(=O)c2ccc(C#N)cc2)CCO1. The molecule has 7 heteroatoms. The Morgan fingerprint density at radius 2 is 2.10 bits per heavy atom. The van der Waals surface area contributed by atoms with Crippen LogP contribution in [0.15, 0.2) is 29.2 Å². The van der Waals surface area contributed by atoms with Crippen molar-refractivity contribution in [2.75, 3.05) is 19.7 Å². The normalized spacial score (nSPS) is 22.1. The number of nitriles is 1. The van der Waals surface area contributed by atoms with Crippen LogP contribution in [-0.2, 0) is 14.8 Å². The number of hydrogen-bond acceptors (Lipinski definition) is 5. The highest BCUT2D eigenvalue weighted by atomic mass is 32.2. The summed E-state index contributed by atoms with van der Waals surface area (Å²) in [5, 5.41) is 8.74. The van der Waals surface area contributed by atoms with Gasteiger partial charge in [-0.1, -0.05) is 0 Å². The maximum absolute atomic E-state index is 12.5. The van der Waals surface area contributed by atoms with Crippen LogP contribution in [0.2, 0.25) is 0 Å². The maximum atomic E-state index is 12.5. The zero-order valence-corrected chi connectivity index (χ0v) is 12.0. The molecule has 1 aromatic carbocycles. The van der Waals surface area contributed by atoms with Crippen molar-refractivity contribution < 1.29 is 13.2 Å². The van der Waals surface area contributed by atoms with E-state index < -0.39 is 10.0 Å². The molecule has 1 heterocycles. The zero-order chi connectivity index (χ0) is 14.8. The molecule has 0 spiro atoms. The van der Waals surface area contributed by atoms with E-state index in [0.717, 1.165) is 0 Å². The summed E-state index contributed by atoms with van der Waals surface area (Å²) in [6.07, 6.45) is -0.295. The number of ether oxygens (including phenoxy) is 1. The van der Waals surface area contributed by atoms with Crippen molar-refractivity contribution in [3.05, 3.63) is 29.8 Å². The molecular weight excluding hydrogens is 278 g/mol. The molecule has 0 saturated carbocycles. The van der Waals surface area contributed by atoms with Crippen LogP contribution >= 0.6 is 0 Å². The van der Waals surface area contributed by atoms with Crippen molar-refractivity contribution in [2.24, 2.45) is 5.73 Å². The molecule has 2 atom stereocenters. The quantitative estimate of drug-likeness (QED) is 0.865. The van der Waals surface area contributed by atoms with E-state index in [-0.39, 0.29) is 23.6 Å². The van der Waals surface area contributed by atoms with Crippen LogP contribution in [-0.4, -0.2) is 44.6 Å². The maximum Gasteiger partial charge on any atom is 0.243 e. The lowest BCUT2D eigenvalue weighted by atomic mass is 10.2. The third-order valence-electron chi connectivity index (χ3n) is 3.26. The first kappa shape index (κ1) is 14.9. The second-order valence-corrected chi connectivity index (χ2v) is 6.71. The van der Waals surface area contributed by atoms with E-state index in [1.54, 1.807) is 6.92 Å². The fourth-order valence-corrected chi connectivity index (χ4v) is 3.47. The Bertz CT molecular complexity index is 605. The highest BCUT2D eigenvalue weighted by Gasteiger charge is 2.32. The Morgan fingerprint density at radius 3 is 2.65 bits per heavy atom. The van der Waals surface area contributed by atoms with Crippen LogP contribution in [0.5, 0.6) is 0 Å². The fraction of sp³-hybridized carbons (Fsp3) is 0.462. The first-order valence-corrected chi connectivity index (χ1v) is 7.76. The van der Waals surface area contributed by atoms with E-state index in [1.165, 1.54) is 28.6 Å². The average molecular weight is 295 g/mol. The van der Waals surface area contributed by atoms with Crippen molar-refractivity contribution in [3.8, 4) is 6.07 Å². The summed E-state index contributed by atoms with van der Waals surface area (Å²) >= 11 is 0. The number of sulfonamides is 1. The van der Waals surface area contributed by atoms with Crippen LogP contribution in [0.3, 0.4) is 0 Å². The number of nitrogens with two attached hydrogens (primary N) is 1. The van der Waals surface area contributed by atoms with Gasteiger partial charge in [0.25, 0.3) is 0 Å². The van der Waals surface area contributed by atoms with Crippen molar-refractivity contribution in [1.82, 2.24) is 4.31 Å². The molecule has 0 bridgehead atoms. The number of nitrogens with zero attached hydrogens (tertiary/aromatic N) is 2. The van der Waals surface area contributed by atoms with Crippen LogP contribution in [0.25, 0.3) is 0 Å². The lowest BCUT2D eigenvalue weighted by Crippen LogP contribution is -2.51. The predicted molar refractivity (Wildman–Crippen MR) is 73.3 cm³/mol. The largest absolute Gasteiger partial charge is 0.374 e. The van der Waals surface area contributed by atoms with Crippen molar-refractivity contribution >= 4 is 10.0 Å². The number of rotatable bonds is 3. The molecular formula is C13H17N3O3S. The van der Waals surface area contributed by atoms with Crippen LogP contribution in [0.4, 0.5) is 0 Å². The molecule has 20 heavy (non-hydrogen) atoms. The Kier molecular flexibility index (Phi) is 4.40. The highest BCUT2D eigenvalue weighted by Crippen LogP contribution is 2.19. The highest BCUT2D eigenvalue weighted by molar-refractivity contribution is 7.89. The fourth-order valence-electron chi connectivity index (χ4n) is 2.04. The van der Waals surface area contributed by atoms with Gasteiger partial charge in [-0.15, -0.1) is 0 Å². The van der Waals surface area contributed by atoms with Gasteiger partial charge in [0.15, 0.2) is 0 Å². The smallest absolute Gasteiger partial charge is 0.243 e. The molecule has 1 aliphatic rings. The van der Waals surface area contributed by atoms with E-state index in [2.05, 4.69) is 0 Å². The van der Waals surface area contributed by atoms with Gasteiger partial charge in [0.05, 0.1) is 29.2 Å². The zero-order valence-electron chi connectivity index (χ0n) is 11.2. The Balaban J connectivity index is 2.23. The van der Waals surface area contributed by atoms with Crippen molar-refractivity contribution in [1.29, 1.82) is 5.26 Å². The number of hydrogen-bond donors (Lipinski definition) is 1. The first-order chi connectivity index (χ1) is 9.45. The molecule has 2 rings (SSSR count). The molecule has 1 aromatic rings. The molecule has 0 aromatic heterocycles. The predicted octanol–water partition coefficient (Wildman–Crippen LogP) is 0.295. The molecule has 1 fully saturated rings. The van der Waals surface area contributed by atoms with E-state index in [0.29, 0.717) is 18.7 Å². The number of morpholine rings is 1. The Labute approximate surface area is 118 Å². The summed E-state index contributed by atoms with van der Waals surface area (Å²) in [7, 11) is -3.57. The minimum atomic E-state index is -3.57. The molecule has 2 N–H and O–H groups in total. The minimum Gasteiger partial charge on any atom is -0.374 e. The molecule has 1 saturated heterocycles. The van der Waals surface area contributed by atoms with Gasteiger partial charge in [0.1, 0.15) is 0 Å². The second kappa shape index (κ2) is 5.89. The summed E-state index contributed by atoms with van der Waals surface area (Å²) in [6, 6.07) is 7.62. The van der Waals surface area contributed by atoms with E-state index in [9.17, 15) is 8.42 Å². The molecule has 1 aliphatic heterocycles. The van der Waals surface area contributed by atoms with E-state index in [4.69, 9.17) is 15.7 Å². The van der Waals surface area contributed by atoms with Gasteiger partial charge in [-0.2, -0.15) is 9.57 Å². The Morgan fingerprint density at radius 1 is 1.45 bits per heavy atom. The summed E-state index contributed by atoms with van der Waals surface area (Å²) in [4.78, 5) is 0.182. The summed E-state index contributed by atoms with van der Waals surface area (Å²) in [5.41, 5.74) is 6.20. The van der Waals surface area contributed by atoms with E-state index >= 15 is 0 Å². The minimum absolute atomic E-state index is 0.182. The third kappa shape index (κ3) is 2.99.